The highest BCUT2D eigenvalue weighted by Gasteiger charge is 2.19. The number of carbonyl (C=O) groups excluding carboxylic acids is 1. The Morgan fingerprint density at radius 1 is 1.31 bits per heavy atom. The zero-order valence-corrected chi connectivity index (χ0v) is 7.23. The Balaban J connectivity index is 3.68. The average molecular weight is 191 g/mol. The van der Waals surface area contributed by atoms with Gasteiger partial charge in [0.1, 0.15) is 6.10 Å². The van der Waals surface area contributed by atoms with Crippen molar-refractivity contribution in [3.8, 4) is 0 Å². The predicted octanol–water partition coefficient (Wildman–Crippen LogP) is -2.03. The second-order valence-electron chi connectivity index (χ2n) is 2.65. The van der Waals surface area contributed by atoms with Crippen LogP contribution in [0.4, 0.5) is 0 Å². The van der Waals surface area contributed by atoms with Crippen LogP contribution in [0.25, 0.3) is 0 Å². The normalized spacial score (nSPS) is 15.0. The van der Waals surface area contributed by atoms with Gasteiger partial charge in [0, 0.05) is 0 Å². The van der Waals surface area contributed by atoms with Gasteiger partial charge in [-0.2, -0.15) is 0 Å². The largest absolute Gasteiger partial charge is 0.480 e. The monoisotopic (exact) mass is 191 g/mol. The lowest BCUT2D eigenvalue weighted by Crippen LogP contribution is -2.39. The third-order valence-corrected chi connectivity index (χ3v) is 1.36. The van der Waals surface area contributed by atoms with E-state index in [-0.39, 0.29) is 13.1 Å². The van der Waals surface area contributed by atoms with Gasteiger partial charge in [-0.05, 0) is 6.92 Å². The molecule has 0 fully saturated rings. The van der Waals surface area contributed by atoms with Crippen molar-refractivity contribution in [2.24, 2.45) is 0 Å². The van der Waals surface area contributed by atoms with Crippen LogP contribution in [0.2, 0.25) is 0 Å². The molecule has 0 aromatic rings. The molecular weight excluding hydrogens is 178 g/mol. The van der Waals surface area contributed by atoms with E-state index < -0.39 is 24.0 Å². The summed E-state index contributed by atoms with van der Waals surface area (Å²) in [4.78, 5) is 20.9. The van der Waals surface area contributed by atoms with E-state index in [0.717, 1.165) is 0 Å². The van der Waals surface area contributed by atoms with Crippen molar-refractivity contribution in [1.29, 1.82) is 0 Å². The Morgan fingerprint density at radius 3 is 2.23 bits per heavy atom. The summed E-state index contributed by atoms with van der Waals surface area (Å²) in [7, 11) is 0. The molecule has 4 N–H and O–H groups in total. The number of hydrogen-bond donors (Lipinski definition) is 4. The van der Waals surface area contributed by atoms with Crippen molar-refractivity contribution in [1.82, 2.24) is 5.32 Å². The number of aliphatic hydroxyl groups excluding tert-OH is 2. The molecule has 0 amide bonds. The third kappa shape index (κ3) is 5.29. The van der Waals surface area contributed by atoms with Crippen molar-refractivity contribution in [2.45, 2.75) is 19.1 Å². The van der Waals surface area contributed by atoms with Gasteiger partial charge in [-0.3, -0.25) is 14.9 Å². The minimum Gasteiger partial charge on any atom is -0.480 e. The number of aliphatic hydroxyl groups is 2. The molecule has 0 aliphatic rings. The van der Waals surface area contributed by atoms with E-state index in [0.29, 0.717) is 0 Å². The molecule has 0 aromatic carbocycles. The fraction of sp³-hybridized carbons (Fsp3) is 0.714. The van der Waals surface area contributed by atoms with Crippen LogP contribution in [0.3, 0.4) is 0 Å². The smallest absolute Gasteiger partial charge is 0.317 e. The van der Waals surface area contributed by atoms with E-state index in [4.69, 9.17) is 15.3 Å². The molecule has 76 valence electrons. The van der Waals surface area contributed by atoms with Crippen molar-refractivity contribution in [3.05, 3.63) is 0 Å². The second-order valence-corrected chi connectivity index (χ2v) is 2.65. The van der Waals surface area contributed by atoms with Crippen LogP contribution in [0, 0.1) is 0 Å². The van der Waals surface area contributed by atoms with Crippen LogP contribution in [-0.2, 0) is 9.59 Å². The summed E-state index contributed by atoms with van der Waals surface area (Å²) in [6.07, 6.45) is -2.60. The molecule has 0 saturated carbocycles. The molecule has 13 heavy (non-hydrogen) atoms. The molecule has 0 rings (SSSR count). The van der Waals surface area contributed by atoms with Crippen LogP contribution in [0.5, 0.6) is 0 Å². The van der Waals surface area contributed by atoms with Gasteiger partial charge < -0.3 is 15.3 Å². The van der Waals surface area contributed by atoms with Crippen LogP contribution in [0.15, 0.2) is 0 Å². The Kier molecular flexibility index (Phi) is 5.20. The topological polar surface area (TPSA) is 107 Å². The number of ketones is 1. The maximum atomic E-state index is 10.9. The standard InChI is InChI=1S/C7H13NO5/c1-4(9)7(13)5(10)2-8-3-6(11)12/h4,7-9,13H,2-3H2,1H3,(H,11,12). The van der Waals surface area contributed by atoms with Gasteiger partial charge in [-0.15, -0.1) is 0 Å². The first kappa shape index (κ1) is 12.0. The van der Waals surface area contributed by atoms with E-state index >= 15 is 0 Å². The molecule has 6 heteroatoms. The number of hydrogen-bond acceptors (Lipinski definition) is 5. The van der Waals surface area contributed by atoms with E-state index in [9.17, 15) is 9.59 Å². The molecule has 0 saturated heterocycles. The highest BCUT2D eigenvalue weighted by Crippen LogP contribution is 1.92. The number of aliphatic carboxylic acids is 1. The number of carboxylic acids is 1. The minimum atomic E-state index is -1.46. The summed E-state index contributed by atoms with van der Waals surface area (Å²) in [5.74, 6) is -1.71. The van der Waals surface area contributed by atoms with Crippen LogP contribution in [-0.4, -0.2) is 52.4 Å². The lowest BCUT2D eigenvalue weighted by Gasteiger charge is -2.11. The molecule has 0 heterocycles. The third-order valence-electron chi connectivity index (χ3n) is 1.36. The second kappa shape index (κ2) is 5.63. The van der Waals surface area contributed by atoms with Gasteiger partial charge >= 0.3 is 5.97 Å². The first-order valence-electron chi connectivity index (χ1n) is 3.76. The summed E-state index contributed by atoms with van der Waals surface area (Å²) in [6, 6.07) is 0. The highest BCUT2D eigenvalue weighted by molar-refractivity contribution is 5.85. The van der Waals surface area contributed by atoms with E-state index in [2.05, 4.69) is 5.32 Å². The summed E-state index contributed by atoms with van der Waals surface area (Å²) in [6.45, 7) is 0.663. The SMILES string of the molecule is CC(O)C(O)C(=O)CNCC(=O)O. The molecule has 0 bridgehead atoms. The molecule has 0 aliphatic heterocycles. The lowest BCUT2D eigenvalue weighted by atomic mass is 10.1. The van der Waals surface area contributed by atoms with E-state index in [1.165, 1.54) is 6.92 Å². The lowest BCUT2D eigenvalue weighted by molar-refractivity contribution is -0.136. The number of carbonyl (C=O) groups is 2. The molecule has 2 unspecified atom stereocenters. The highest BCUT2D eigenvalue weighted by atomic mass is 16.4. The van der Waals surface area contributed by atoms with Gasteiger partial charge in [0.15, 0.2) is 5.78 Å². The number of rotatable bonds is 6. The van der Waals surface area contributed by atoms with Gasteiger partial charge in [0.2, 0.25) is 0 Å². The molecule has 6 nitrogen and oxygen atoms in total. The van der Waals surface area contributed by atoms with Gasteiger partial charge in [-0.1, -0.05) is 0 Å². The quantitative estimate of drug-likeness (QED) is 0.386. The van der Waals surface area contributed by atoms with Gasteiger partial charge in [-0.25, -0.2) is 0 Å². The summed E-state index contributed by atoms with van der Waals surface area (Å²) >= 11 is 0. The van der Waals surface area contributed by atoms with Gasteiger partial charge in [0.05, 0.1) is 19.2 Å². The summed E-state index contributed by atoms with van der Waals surface area (Å²) in [5, 5.41) is 28.2. The Labute approximate surface area is 75.2 Å². The van der Waals surface area contributed by atoms with Crippen molar-refractivity contribution in [2.75, 3.05) is 13.1 Å². The van der Waals surface area contributed by atoms with Crippen LogP contribution in [0.1, 0.15) is 6.92 Å². The van der Waals surface area contributed by atoms with Crippen LogP contribution < -0.4 is 5.32 Å². The number of carboxylic acid groups (broad SMARTS) is 1. The van der Waals surface area contributed by atoms with Crippen molar-refractivity contribution >= 4 is 11.8 Å². The Hall–Kier alpha value is -0.980. The molecule has 0 radical (unpaired) electrons. The zero-order valence-electron chi connectivity index (χ0n) is 7.23. The number of nitrogens with one attached hydrogen (secondary N) is 1. The summed E-state index contributed by atoms with van der Waals surface area (Å²) < 4.78 is 0. The minimum absolute atomic E-state index is 0.266. The molecular formula is C7H13NO5. The van der Waals surface area contributed by atoms with Gasteiger partial charge in [0.25, 0.3) is 0 Å². The van der Waals surface area contributed by atoms with E-state index in [1.54, 1.807) is 0 Å². The fourth-order valence-electron chi connectivity index (χ4n) is 0.666. The average Bonchev–Trinajstić information content (AvgIpc) is 2.02. The predicted molar refractivity (Wildman–Crippen MR) is 43.2 cm³/mol. The molecule has 0 spiro atoms. The fourth-order valence-corrected chi connectivity index (χ4v) is 0.666. The maximum Gasteiger partial charge on any atom is 0.317 e. The molecule has 2 atom stereocenters. The van der Waals surface area contributed by atoms with Crippen molar-refractivity contribution < 1.29 is 24.9 Å². The number of Topliss-reactive ketones (excluding diaryl/α,β-unsaturated/α-hetero) is 1. The molecule has 0 aromatic heterocycles. The van der Waals surface area contributed by atoms with Crippen molar-refractivity contribution in [3.63, 3.8) is 0 Å². The molecule has 0 aliphatic carbocycles. The Bertz CT molecular complexity index is 191. The zero-order chi connectivity index (χ0) is 10.4. The van der Waals surface area contributed by atoms with Crippen LogP contribution >= 0.6 is 0 Å². The first-order valence-corrected chi connectivity index (χ1v) is 3.76. The first-order chi connectivity index (χ1) is 5.95. The maximum absolute atomic E-state index is 10.9. The summed E-state index contributed by atoms with van der Waals surface area (Å²) in [5.41, 5.74) is 0. The Morgan fingerprint density at radius 2 is 1.85 bits per heavy atom. The van der Waals surface area contributed by atoms with E-state index in [1.807, 2.05) is 0 Å².